The Bertz CT molecular complexity index is 1040. The fourth-order valence-corrected chi connectivity index (χ4v) is 3.48. The van der Waals surface area contributed by atoms with Gasteiger partial charge in [-0.2, -0.15) is 5.10 Å². The molecular weight excluding hydrogens is 380 g/mol. The minimum absolute atomic E-state index is 0.0290. The molecule has 0 saturated carbocycles. The number of aryl methyl sites for hydroxylation is 1. The van der Waals surface area contributed by atoms with Crippen molar-refractivity contribution in [2.45, 2.75) is 19.2 Å². The van der Waals surface area contributed by atoms with Gasteiger partial charge in [0, 0.05) is 30.7 Å². The van der Waals surface area contributed by atoms with Crippen molar-refractivity contribution < 1.29 is 13.6 Å². The Balaban J connectivity index is 2.15. The van der Waals surface area contributed by atoms with Gasteiger partial charge in [0.1, 0.15) is 5.56 Å². The number of ketones is 1. The van der Waals surface area contributed by atoms with Crippen LogP contribution in [0.4, 0.5) is 0 Å². The maximum atomic E-state index is 12.8. The maximum Gasteiger partial charge on any atom is 0.277 e. The van der Waals surface area contributed by atoms with Crippen LogP contribution in [-0.4, -0.2) is 34.1 Å². The average molecular weight is 395 g/mol. The van der Waals surface area contributed by atoms with Crippen LogP contribution in [0.2, 0.25) is 5.02 Å². The van der Waals surface area contributed by atoms with Crippen LogP contribution in [0.1, 0.15) is 28.4 Å². The third-order valence-electron chi connectivity index (χ3n) is 3.86. The van der Waals surface area contributed by atoms with E-state index in [4.69, 9.17) is 11.6 Å². The highest BCUT2D eigenvalue weighted by Gasteiger charge is 2.23. The molecule has 136 valence electrons. The number of aromatic nitrogens is 4. The minimum atomic E-state index is -2.09. The molecule has 8 nitrogen and oxygen atoms in total. The number of H-pyrrole nitrogens is 1. The Kier molecular flexibility index (Phi) is 5.21. The van der Waals surface area contributed by atoms with Gasteiger partial charge in [0.15, 0.2) is 11.1 Å². The standard InChI is InChI=1S/C16H15ClN4O4S/c1-2-20-16(23)12(8-19-20)15(22)11-5-4-10(9-26(24)25)14(13(11)17)21-7-3-6-18-21/h3-8,19H,2,9H2,1H3,(H,24,25). The van der Waals surface area contributed by atoms with Gasteiger partial charge >= 0.3 is 0 Å². The smallest absolute Gasteiger partial charge is 0.277 e. The van der Waals surface area contributed by atoms with E-state index < -0.39 is 22.4 Å². The maximum absolute atomic E-state index is 12.8. The van der Waals surface area contributed by atoms with Gasteiger partial charge in [0.05, 0.1) is 16.5 Å². The third-order valence-corrected chi connectivity index (χ3v) is 4.80. The first-order chi connectivity index (χ1) is 12.4. The lowest BCUT2D eigenvalue weighted by Gasteiger charge is -2.13. The van der Waals surface area contributed by atoms with Crippen molar-refractivity contribution in [3.05, 3.63) is 68.9 Å². The Hall–Kier alpha value is -2.49. The molecule has 0 radical (unpaired) electrons. The zero-order valence-corrected chi connectivity index (χ0v) is 15.3. The van der Waals surface area contributed by atoms with E-state index in [2.05, 4.69) is 10.2 Å². The van der Waals surface area contributed by atoms with E-state index in [9.17, 15) is 18.4 Å². The van der Waals surface area contributed by atoms with Crippen LogP contribution in [0.5, 0.6) is 0 Å². The summed E-state index contributed by atoms with van der Waals surface area (Å²) in [6, 6.07) is 4.65. The van der Waals surface area contributed by atoms with E-state index in [0.29, 0.717) is 17.8 Å². The summed E-state index contributed by atoms with van der Waals surface area (Å²) in [5.74, 6) is -0.704. The molecule has 3 aromatic rings. The van der Waals surface area contributed by atoms with Crippen molar-refractivity contribution >= 4 is 28.5 Å². The van der Waals surface area contributed by atoms with Gasteiger partial charge in [-0.3, -0.25) is 14.3 Å². The predicted molar refractivity (Wildman–Crippen MR) is 97.2 cm³/mol. The molecule has 0 aliphatic heterocycles. The second kappa shape index (κ2) is 7.40. The molecule has 0 aliphatic carbocycles. The topological polar surface area (TPSA) is 110 Å². The van der Waals surface area contributed by atoms with Gasteiger partial charge in [0.25, 0.3) is 5.56 Å². The second-order valence-corrected chi connectivity index (χ2v) is 6.73. The van der Waals surface area contributed by atoms with Gasteiger partial charge in [-0.05, 0) is 24.6 Å². The molecule has 1 unspecified atom stereocenters. The monoisotopic (exact) mass is 394 g/mol. The lowest BCUT2D eigenvalue weighted by molar-refractivity contribution is 0.103. The quantitative estimate of drug-likeness (QED) is 0.490. The number of nitrogens with zero attached hydrogens (tertiary/aromatic N) is 3. The van der Waals surface area contributed by atoms with Crippen molar-refractivity contribution in [2.75, 3.05) is 0 Å². The normalized spacial score (nSPS) is 12.3. The molecule has 0 amide bonds. The van der Waals surface area contributed by atoms with Gasteiger partial charge < -0.3 is 9.65 Å². The first kappa shape index (κ1) is 18.3. The van der Waals surface area contributed by atoms with Crippen LogP contribution in [0.25, 0.3) is 5.69 Å². The van der Waals surface area contributed by atoms with Crippen LogP contribution in [0.15, 0.2) is 41.6 Å². The summed E-state index contributed by atoms with van der Waals surface area (Å²) in [4.78, 5) is 25.0. The molecule has 0 aliphatic rings. The van der Waals surface area contributed by atoms with Gasteiger partial charge in [-0.1, -0.05) is 17.7 Å². The number of hydrogen-bond donors (Lipinski definition) is 2. The number of benzene rings is 1. The molecule has 2 heterocycles. The van der Waals surface area contributed by atoms with Crippen LogP contribution in [0, 0.1) is 0 Å². The van der Waals surface area contributed by atoms with Crippen LogP contribution in [0.3, 0.4) is 0 Å². The van der Waals surface area contributed by atoms with E-state index in [1.165, 1.54) is 33.9 Å². The Labute approximate surface area is 155 Å². The van der Waals surface area contributed by atoms with Gasteiger partial charge in [0.2, 0.25) is 5.78 Å². The lowest BCUT2D eigenvalue weighted by Crippen LogP contribution is -2.21. The largest absolute Gasteiger partial charge is 0.306 e. The highest BCUT2D eigenvalue weighted by atomic mass is 35.5. The van der Waals surface area contributed by atoms with Crippen LogP contribution < -0.4 is 5.56 Å². The number of carbonyl (C=O) groups is 1. The number of nitrogens with one attached hydrogen (secondary N) is 1. The summed E-state index contributed by atoms with van der Waals surface area (Å²) in [6.07, 6.45) is 4.48. The van der Waals surface area contributed by atoms with E-state index in [1.54, 1.807) is 19.2 Å². The van der Waals surface area contributed by atoms with E-state index >= 15 is 0 Å². The third kappa shape index (κ3) is 3.28. The van der Waals surface area contributed by atoms with Crippen molar-refractivity contribution in [2.24, 2.45) is 0 Å². The number of halogens is 1. The molecular formula is C16H15ClN4O4S. The lowest BCUT2D eigenvalue weighted by atomic mass is 10.0. The molecule has 0 fully saturated rings. The fraction of sp³-hybridized carbons (Fsp3) is 0.188. The number of aromatic amines is 1. The molecule has 0 spiro atoms. The zero-order valence-electron chi connectivity index (χ0n) is 13.7. The predicted octanol–water partition coefficient (Wildman–Crippen LogP) is 1.99. The molecule has 1 aromatic carbocycles. The SMILES string of the molecule is CCn1[nH]cc(C(=O)c2ccc(CS(=O)O)c(-n3cccn3)c2Cl)c1=O. The zero-order chi connectivity index (χ0) is 18.8. The van der Waals surface area contributed by atoms with Crippen molar-refractivity contribution in [3.8, 4) is 5.69 Å². The molecule has 3 rings (SSSR count). The van der Waals surface area contributed by atoms with Crippen LogP contribution in [-0.2, 0) is 23.4 Å². The van der Waals surface area contributed by atoms with Crippen molar-refractivity contribution in [1.82, 2.24) is 19.6 Å². The molecule has 1 atom stereocenters. The number of rotatable bonds is 6. The minimum Gasteiger partial charge on any atom is -0.306 e. The first-order valence-electron chi connectivity index (χ1n) is 7.65. The molecule has 0 saturated heterocycles. The summed E-state index contributed by atoms with van der Waals surface area (Å²) in [5, 5.41) is 6.88. The van der Waals surface area contributed by atoms with Crippen molar-refractivity contribution in [3.63, 3.8) is 0 Å². The number of hydrogen-bond acceptors (Lipinski definition) is 4. The van der Waals surface area contributed by atoms with Crippen LogP contribution >= 0.6 is 11.6 Å². The summed E-state index contributed by atoms with van der Waals surface area (Å²) < 4.78 is 23.2. The second-order valence-electron chi connectivity index (χ2n) is 5.42. The van der Waals surface area contributed by atoms with E-state index in [-0.39, 0.29) is 21.9 Å². The molecule has 26 heavy (non-hydrogen) atoms. The van der Waals surface area contributed by atoms with E-state index in [1.807, 2.05) is 0 Å². The highest BCUT2D eigenvalue weighted by Crippen LogP contribution is 2.30. The highest BCUT2D eigenvalue weighted by molar-refractivity contribution is 7.78. The average Bonchev–Trinajstić information content (AvgIpc) is 3.23. The summed E-state index contributed by atoms with van der Waals surface area (Å²) in [5.41, 5.74) is 0.435. The molecule has 2 aromatic heterocycles. The first-order valence-corrected chi connectivity index (χ1v) is 9.31. The molecule has 2 N–H and O–H groups in total. The summed E-state index contributed by atoms with van der Waals surface area (Å²) >= 11 is 4.35. The van der Waals surface area contributed by atoms with Crippen molar-refractivity contribution in [1.29, 1.82) is 0 Å². The Morgan fingerprint density at radius 3 is 2.73 bits per heavy atom. The molecule has 10 heteroatoms. The Morgan fingerprint density at radius 2 is 2.15 bits per heavy atom. The fourth-order valence-electron chi connectivity index (χ4n) is 2.63. The van der Waals surface area contributed by atoms with E-state index in [0.717, 1.165) is 0 Å². The van der Waals surface area contributed by atoms with Gasteiger partial charge in [-0.15, -0.1) is 0 Å². The Morgan fingerprint density at radius 1 is 1.38 bits per heavy atom. The van der Waals surface area contributed by atoms with Gasteiger partial charge in [-0.25, -0.2) is 8.89 Å². The number of carbonyl (C=O) groups excluding carboxylic acids is 1. The summed E-state index contributed by atoms with van der Waals surface area (Å²) in [6.45, 7) is 2.18. The molecule has 0 bridgehead atoms. The summed E-state index contributed by atoms with van der Waals surface area (Å²) in [7, 11) is 0.